The summed E-state index contributed by atoms with van der Waals surface area (Å²) in [5, 5.41) is 2.66. The largest absolute Gasteiger partial charge is 0.497 e. The van der Waals surface area contributed by atoms with Crippen LogP contribution in [0.4, 0.5) is 15.8 Å². The van der Waals surface area contributed by atoms with Gasteiger partial charge in [-0.3, -0.25) is 4.79 Å². The van der Waals surface area contributed by atoms with Crippen molar-refractivity contribution in [2.45, 2.75) is 0 Å². The maximum Gasteiger partial charge on any atom is 0.255 e. The summed E-state index contributed by atoms with van der Waals surface area (Å²) in [4.78, 5) is 12.0. The molecule has 1 amide bonds. The number of rotatable bonds is 3. The third kappa shape index (κ3) is 3.08. The number of nitrogen functional groups attached to an aromatic ring is 1. The Morgan fingerprint density at radius 1 is 1.30 bits per heavy atom. The lowest BCUT2D eigenvalue weighted by Crippen LogP contribution is -2.13. The number of hydrogen-bond donors (Lipinski definition) is 2. The summed E-state index contributed by atoms with van der Waals surface area (Å²) in [5.74, 6) is -0.196. The number of hydrogen-bond acceptors (Lipinski definition) is 3. The predicted molar refractivity (Wildman–Crippen MR) is 79.5 cm³/mol. The first-order valence-electron chi connectivity index (χ1n) is 5.71. The third-order valence-electron chi connectivity index (χ3n) is 2.69. The van der Waals surface area contributed by atoms with Gasteiger partial charge in [-0.15, -0.1) is 0 Å². The van der Waals surface area contributed by atoms with Gasteiger partial charge in [-0.2, -0.15) is 0 Å². The number of benzene rings is 2. The van der Waals surface area contributed by atoms with Crippen LogP contribution in [-0.2, 0) is 0 Å². The summed E-state index contributed by atoms with van der Waals surface area (Å²) in [6.07, 6.45) is 0. The molecule has 0 unspecified atom stereocenters. The number of carbonyl (C=O) groups excluding carboxylic acids is 1. The lowest BCUT2D eigenvalue weighted by molar-refractivity contribution is 0.102. The first-order chi connectivity index (χ1) is 9.51. The van der Waals surface area contributed by atoms with E-state index in [1.807, 2.05) is 0 Å². The van der Waals surface area contributed by atoms with Crippen LogP contribution in [0.5, 0.6) is 5.75 Å². The Hall–Kier alpha value is -2.08. The van der Waals surface area contributed by atoms with Gasteiger partial charge in [0.15, 0.2) is 0 Å². The SMILES string of the molecule is COc1ccc(NC(=O)c2ccc(F)c(Br)c2)c(N)c1. The molecular formula is C14H12BrFN2O2. The second kappa shape index (κ2) is 5.92. The first-order valence-corrected chi connectivity index (χ1v) is 6.50. The molecule has 2 aromatic rings. The fourth-order valence-electron chi connectivity index (χ4n) is 1.61. The Morgan fingerprint density at radius 2 is 2.05 bits per heavy atom. The summed E-state index contributed by atoms with van der Waals surface area (Å²) in [6.45, 7) is 0. The van der Waals surface area contributed by atoms with Crippen molar-refractivity contribution in [1.29, 1.82) is 0 Å². The average molecular weight is 339 g/mol. The van der Waals surface area contributed by atoms with E-state index in [2.05, 4.69) is 21.2 Å². The monoisotopic (exact) mass is 338 g/mol. The second-order valence-electron chi connectivity index (χ2n) is 4.04. The van der Waals surface area contributed by atoms with Gasteiger partial charge in [0, 0.05) is 11.6 Å². The second-order valence-corrected chi connectivity index (χ2v) is 4.89. The Morgan fingerprint density at radius 3 is 2.65 bits per heavy atom. The molecule has 0 spiro atoms. The highest BCUT2D eigenvalue weighted by atomic mass is 79.9. The molecule has 0 saturated heterocycles. The predicted octanol–water partition coefficient (Wildman–Crippen LogP) is 3.43. The van der Waals surface area contributed by atoms with Gasteiger partial charge >= 0.3 is 0 Å². The zero-order valence-corrected chi connectivity index (χ0v) is 12.2. The van der Waals surface area contributed by atoms with Crippen LogP contribution in [0.3, 0.4) is 0 Å². The maximum absolute atomic E-state index is 13.1. The molecule has 20 heavy (non-hydrogen) atoms. The number of anilines is 2. The summed E-state index contributed by atoms with van der Waals surface area (Å²) < 4.78 is 18.4. The Labute approximate surface area is 123 Å². The van der Waals surface area contributed by atoms with E-state index in [0.29, 0.717) is 22.7 Å². The van der Waals surface area contributed by atoms with E-state index in [1.54, 1.807) is 18.2 Å². The normalized spacial score (nSPS) is 10.2. The van der Waals surface area contributed by atoms with Crippen molar-refractivity contribution in [2.75, 3.05) is 18.2 Å². The molecule has 104 valence electrons. The third-order valence-corrected chi connectivity index (χ3v) is 3.30. The van der Waals surface area contributed by atoms with Gasteiger partial charge in [0.05, 0.1) is 23.0 Å². The standard InChI is InChI=1S/C14H12BrFN2O2/c1-20-9-3-5-13(12(17)7-9)18-14(19)8-2-4-11(16)10(15)6-8/h2-7H,17H2,1H3,(H,18,19). The molecule has 4 nitrogen and oxygen atoms in total. The van der Waals surface area contributed by atoms with Gasteiger partial charge < -0.3 is 15.8 Å². The van der Waals surface area contributed by atoms with Crippen LogP contribution in [0.25, 0.3) is 0 Å². The fraction of sp³-hybridized carbons (Fsp3) is 0.0714. The molecule has 0 heterocycles. The molecule has 0 fully saturated rings. The molecule has 6 heteroatoms. The molecule has 0 atom stereocenters. The first kappa shape index (κ1) is 14.3. The number of nitrogens with two attached hydrogens (primary N) is 1. The minimum absolute atomic E-state index is 0.229. The highest BCUT2D eigenvalue weighted by molar-refractivity contribution is 9.10. The summed E-state index contributed by atoms with van der Waals surface area (Å²) in [6, 6.07) is 8.96. The summed E-state index contributed by atoms with van der Waals surface area (Å²) in [5.41, 5.74) is 7.00. The van der Waals surface area contributed by atoms with Gasteiger partial charge in [0.1, 0.15) is 11.6 Å². The highest BCUT2D eigenvalue weighted by Crippen LogP contribution is 2.25. The number of methoxy groups -OCH3 is 1. The quantitative estimate of drug-likeness (QED) is 0.842. The van der Waals surface area contributed by atoms with Gasteiger partial charge in [-0.1, -0.05) is 0 Å². The van der Waals surface area contributed by atoms with E-state index in [4.69, 9.17) is 10.5 Å². The van der Waals surface area contributed by atoms with Crippen LogP contribution in [0, 0.1) is 5.82 Å². The van der Waals surface area contributed by atoms with Crippen molar-refractivity contribution in [3.05, 3.63) is 52.3 Å². The van der Waals surface area contributed by atoms with E-state index < -0.39 is 5.82 Å². The Kier molecular flexibility index (Phi) is 4.24. The molecule has 0 aliphatic carbocycles. The molecule has 0 aliphatic heterocycles. The minimum Gasteiger partial charge on any atom is -0.497 e. The van der Waals surface area contributed by atoms with E-state index in [0.717, 1.165) is 0 Å². The summed E-state index contributed by atoms with van der Waals surface area (Å²) in [7, 11) is 1.53. The van der Waals surface area contributed by atoms with Crippen molar-refractivity contribution in [3.63, 3.8) is 0 Å². The number of ether oxygens (including phenoxy) is 1. The molecule has 3 N–H and O–H groups in total. The summed E-state index contributed by atoms with van der Waals surface area (Å²) >= 11 is 3.04. The number of halogens is 2. The van der Waals surface area contributed by atoms with Crippen LogP contribution in [-0.4, -0.2) is 13.0 Å². The van der Waals surface area contributed by atoms with Crippen LogP contribution in [0.1, 0.15) is 10.4 Å². The highest BCUT2D eigenvalue weighted by Gasteiger charge is 2.10. The van der Waals surface area contributed by atoms with Gasteiger partial charge in [0.2, 0.25) is 0 Å². The van der Waals surface area contributed by atoms with Crippen LogP contribution in [0.2, 0.25) is 0 Å². The lowest BCUT2D eigenvalue weighted by atomic mass is 10.2. The van der Waals surface area contributed by atoms with Crippen molar-refractivity contribution in [1.82, 2.24) is 0 Å². The van der Waals surface area contributed by atoms with E-state index in [9.17, 15) is 9.18 Å². The molecule has 2 aromatic carbocycles. The number of carbonyl (C=O) groups is 1. The molecule has 2 rings (SSSR count). The van der Waals surface area contributed by atoms with Crippen molar-refractivity contribution in [2.24, 2.45) is 0 Å². The molecule has 0 saturated carbocycles. The van der Waals surface area contributed by atoms with E-state index >= 15 is 0 Å². The molecule has 0 radical (unpaired) electrons. The molecule has 0 aliphatic rings. The van der Waals surface area contributed by atoms with Gasteiger partial charge in [-0.05, 0) is 46.3 Å². The van der Waals surface area contributed by atoms with Gasteiger partial charge in [-0.25, -0.2) is 4.39 Å². The minimum atomic E-state index is -0.425. The topological polar surface area (TPSA) is 64.3 Å². The van der Waals surface area contributed by atoms with Crippen LogP contribution >= 0.6 is 15.9 Å². The van der Waals surface area contributed by atoms with E-state index in [1.165, 1.54) is 25.3 Å². The van der Waals surface area contributed by atoms with Crippen molar-refractivity contribution < 1.29 is 13.9 Å². The average Bonchev–Trinajstić information content (AvgIpc) is 2.43. The van der Waals surface area contributed by atoms with E-state index in [-0.39, 0.29) is 10.4 Å². The van der Waals surface area contributed by atoms with Crippen LogP contribution in [0.15, 0.2) is 40.9 Å². The lowest BCUT2D eigenvalue weighted by Gasteiger charge is -2.10. The zero-order valence-electron chi connectivity index (χ0n) is 10.6. The van der Waals surface area contributed by atoms with Gasteiger partial charge in [0.25, 0.3) is 5.91 Å². The fourth-order valence-corrected chi connectivity index (χ4v) is 1.99. The zero-order chi connectivity index (χ0) is 14.7. The molecule has 0 aromatic heterocycles. The molecule has 0 bridgehead atoms. The number of nitrogens with one attached hydrogen (secondary N) is 1. The van der Waals surface area contributed by atoms with Crippen LogP contribution < -0.4 is 15.8 Å². The molecular weight excluding hydrogens is 327 g/mol. The van der Waals surface area contributed by atoms with Crippen molar-refractivity contribution >= 4 is 33.2 Å². The van der Waals surface area contributed by atoms with Crippen molar-refractivity contribution in [3.8, 4) is 5.75 Å². The Balaban J connectivity index is 2.21. The smallest absolute Gasteiger partial charge is 0.255 e. The Bertz CT molecular complexity index is 662. The number of amides is 1. The maximum atomic E-state index is 13.1.